The van der Waals surface area contributed by atoms with Crippen molar-refractivity contribution in [1.29, 1.82) is 0 Å². The number of likely N-dealkylation sites (N-methyl/N-ethyl adjacent to an activating group) is 2. The molecule has 2 aliphatic heterocycles. The van der Waals surface area contributed by atoms with Crippen molar-refractivity contribution in [2.45, 2.75) is 76.0 Å². The third-order valence-corrected chi connectivity index (χ3v) is 8.54. The van der Waals surface area contributed by atoms with Crippen molar-refractivity contribution < 1.29 is 4.74 Å². The molecule has 2 aromatic rings. The Morgan fingerprint density at radius 2 is 1.27 bits per heavy atom. The lowest BCUT2D eigenvalue weighted by atomic mass is 9.74. The highest BCUT2D eigenvalue weighted by Gasteiger charge is 2.34. The zero-order valence-corrected chi connectivity index (χ0v) is 21.4. The van der Waals surface area contributed by atoms with Crippen molar-refractivity contribution in [3.8, 4) is 11.5 Å². The molecule has 0 aromatic heterocycles. The summed E-state index contributed by atoms with van der Waals surface area (Å²) in [6.45, 7) is 9.41. The number of rotatable bonds is 6. The number of benzene rings is 2. The van der Waals surface area contributed by atoms with Crippen molar-refractivity contribution in [3.63, 3.8) is 0 Å². The molecule has 0 aliphatic carbocycles. The molecule has 3 nitrogen and oxygen atoms in total. The van der Waals surface area contributed by atoms with Crippen molar-refractivity contribution in [2.75, 3.05) is 40.3 Å². The van der Waals surface area contributed by atoms with Crippen LogP contribution in [0.5, 0.6) is 11.5 Å². The number of hydrogen-bond acceptors (Lipinski definition) is 3. The molecule has 33 heavy (non-hydrogen) atoms. The average Bonchev–Trinajstić information content (AvgIpc) is 3.16. The van der Waals surface area contributed by atoms with Gasteiger partial charge in [-0.1, -0.05) is 51.0 Å². The van der Waals surface area contributed by atoms with Crippen LogP contribution in [-0.4, -0.2) is 50.1 Å². The molecule has 3 heteroatoms. The predicted molar refractivity (Wildman–Crippen MR) is 140 cm³/mol. The van der Waals surface area contributed by atoms with E-state index < -0.39 is 0 Å². The fourth-order valence-electron chi connectivity index (χ4n) is 6.40. The van der Waals surface area contributed by atoms with E-state index in [4.69, 9.17) is 4.74 Å². The maximum absolute atomic E-state index is 6.39. The highest BCUT2D eigenvalue weighted by molar-refractivity contribution is 5.39. The van der Waals surface area contributed by atoms with Gasteiger partial charge in [0.2, 0.25) is 0 Å². The summed E-state index contributed by atoms with van der Waals surface area (Å²) in [5, 5.41) is 0. The van der Waals surface area contributed by atoms with E-state index in [9.17, 15) is 0 Å². The van der Waals surface area contributed by atoms with Crippen LogP contribution in [0.25, 0.3) is 0 Å². The zero-order chi connectivity index (χ0) is 23.3. The normalized spacial score (nSPS) is 27.6. The summed E-state index contributed by atoms with van der Waals surface area (Å²) in [5.41, 5.74) is 3.39. The average molecular weight is 449 g/mol. The maximum atomic E-state index is 6.39. The molecular formula is C30H44N2O. The Morgan fingerprint density at radius 3 is 1.85 bits per heavy atom. The zero-order valence-electron chi connectivity index (χ0n) is 21.4. The molecule has 0 spiro atoms. The van der Waals surface area contributed by atoms with Crippen LogP contribution >= 0.6 is 0 Å². The van der Waals surface area contributed by atoms with Gasteiger partial charge in [0, 0.05) is 23.9 Å². The highest BCUT2D eigenvalue weighted by atomic mass is 16.5. The topological polar surface area (TPSA) is 15.7 Å². The van der Waals surface area contributed by atoms with E-state index in [2.05, 4.69) is 86.3 Å². The fourth-order valence-corrected chi connectivity index (χ4v) is 6.40. The Hall–Kier alpha value is -1.84. The number of nitrogens with zero attached hydrogens (tertiary/aromatic N) is 2. The second-order valence-electron chi connectivity index (χ2n) is 10.8. The lowest BCUT2D eigenvalue weighted by Gasteiger charge is -2.35. The van der Waals surface area contributed by atoms with E-state index in [0.717, 1.165) is 24.6 Å². The van der Waals surface area contributed by atoms with Gasteiger partial charge in [0.25, 0.3) is 0 Å². The molecule has 2 aliphatic rings. The van der Waals surface area contributed by atoms with Gasteiger partial charge in [-0.25, -0.2) is 0 Å². The number of ether oxygens (including phenoxy) is 1. The highest BCUT2D eigenvalue weighted by Crippen LogP contribution is 2.39. The predicted octanol–water partition coefficient (Wildman–Crippen LogP) is 7.01. The summed E-state index contributed by atoms with van der Waals surface area (Å²) in [7, 11) is 4.54. The van der Waals surface area contributed by atoms with E-state index in [1.54, 1.807) is 0 Å². The minimum atomic E-state index is 0.230. The molecule has 2 heterocycles. The largest absolute Gasteiger partial charge is 0.457 e. The lowest BCUT2D eigenvalue weighted by Crippen LogP contribution is -2.37. The van der Waals surface area contributed by atoms with Gasteiger partial charge >= 0.3 is 0 Å². The third-order valence-electron chi connectivity index (χ3n) is 8.54. The Morgan fingerprint density at radius 1 is 0.697 bits per heavy atom. The van der Waals surface area contributed by atoms with Crippen molar-refractivity contribution in [3.05, 3.63) is 59.7 Å². The van der Waals surface area contributed by atoms with Gasteiger partial charge in [0.05, 0.1) is 0 Å². The number of likely N-dealkylation sites (tertiary alicyclic amines) is 2. The molecule has 0 bridgehead atoms. The first-order valence-electron chi connectivity index (χ1n) is 13.2. The summed E-state index contributed by atoms with van der Waals surface area (Å²) < 4.78 is 6.39. The first-order valence-corrected chi connectivity index (χ1v) is 13.2. The Balaban J connectivity index is 1.53. The van der Waals surface area contributed by atoms with E-state index in [1.165, 1.54) is 75.6 Å². The minimum Gasteiger partial charge on any atom is -0.457 e. The lowest BCUT2D eigenvalue weighted by molar-refractivity contribution is 0.256. The van der Waals surface area contributed by atoms with Gasteiger partial charge in [-0.2, -0.15) is 0 Å². The van der Waals surface area contributed by atoms with Crippen molar-refractivity contribution in [1.82, 2.24) is 9.80 Å². The molecule has 2 atom stereocenters. The van der Waals surface area contributed by atoms with Crippen LogP contribution in [0.3, 0.4) is 0 Å². The first kappa shape index (κ1) is 24.3. The van der Waals surface area contributed by atoms with Crippen LogP contribution in [0.2, 0.25) is 0 Å². The van der Waals surface area contributed by atoms with Crippen LogP contribution in [0.15, 0.2) is 48.5 Å². The Bertz CT molecular complexity index is 894. The van der Waals surface area contributed by atoms with Gasteiger partial charge in [-0.05, 0) is 101 Å². The van der Waals surface area contributed by atoms with Crippen LogP contribution in [0, 0.1) is 0 Å². The SMILES string of the molecule is CCC1(c2ccc(Oc3cccc(C4(CC)CCCCN(C)C4)c3)cc2)CCCCN(C)C1. The summed E-state index contributed by atoms with van der Waals surface area (Å²) >= 11 is 0. The third kappa shape index (κ3) is 5.46. The standard InChI is InChI=1S/C30H44N2O/c1-5-29(18-7-9-20-31(3)23-29)25-14-16-27(17-15-25)33-28-13-11-12-26(22-28)30(6-2)19-8-10-21-32(4)24-30/h11-17,22H,5-10,18-21,23-24H2,1-4H3. The molecule has 4 rings (SSSR count). The first-order chi connectivity index (χ1) is 16.0. The maximum Gasteiger partial charge on any atom is 0.127 e. The Kier molecular flexibility index (Phi) is 7.81. The summed E-state index contributed by atoms with van der Waals surface area (Å²) in [5.74, 6) is 1.90. The van der Waals surface area contributed by atoms with E-state index >= 15 is 0 Å². The second-order valence-corrected chi connectivity index (χ2v) is 10.8. The van der Waals surface area contributed by atoms with E-state index in [1.807, 2.05) is 0 Å². The molecule has 180 valence electrons. The molecule has 0 radical (unpaired) electrons. The quantitative estimate of drug-likeness (QED) is 0.473. The minimum absolute atomic E-state index is 0.230. The molecule has 2 unspecified atom stereocenters. The van der Waals surface area contributed by atoms with Gasteiger partial charge in [-0.15, -0.1) is 0 Å². The summed E-state index contributed by atoms with van der Waals surface area (Å²) in [4.78, 5) is 5.03. The van der Waals surface area contributed by atoms with Crippen LogP contribution in [-0.2, 0) is 10.8 Å². The van der Waals surface area contributed by atoms with Crippen LogP contribution < -0.4 is 4.74 Å². The molecule has 0 N–H and O–H groups in total. The summed E-state index contributed by atoms with van der Waals surface area (Å²) in [6, 6.07) is 17.9. The van der Waals surface area contributed by atoms with E-state index in [0.29, 0.717) is 0 Å². The molecule has 0 amide bonds. The molecule has 2 fully saturated rings. The van der Waals surface area contributed by atoms with Gasteiger partial charge in [0.15, 0.2) is 0 Å². The van der Waals surface area contributed by atoms with Gasteiger partial charge in [0.1, 0.15) is 11.5 Å². The summed E-state index contributed by atoms with van der Waals surface area (Å²) in [6.07, 6.45) is 10.1. The molecule has 2 aromatic carbocycles. The smallest absolute Gasteiger partial charge is 0.127 e. The van der Waals surface area contributed by atoms with Crippen molar-refractivity contribution >= 4 is 0 Å². The van der Waals surface area contributed by atoms with Crippen LogP contribution in [0.1, 0.15) is 76.3 Å². The molecular weight excluding hydrogens is 404 g/mol. The van der Waals surface area contributed by atoms with Crippen molar-refractivity contribution in [2.24, 2.45) is 0 Å². The van der Waals surface area contributed by atoms with E-state index in [-0.39, 0.29) is 10.8 Å². The monoisotopic (exact) mass is 448 g/mol. The molecule has 2 saturated heterocycles. The number of hydrogen-bond donors (Lipinski definition) is 0. The van der Waals surface area contributed by atoms with Gasteiger partial charge in [-0.3, -0.25) is 0 Å². The molecule has 0 saturated carbocycles. The Labute approximate surface area is 202 Å². The second kappa shape index (κ2) is 10.6. The van der Waals surface area contributed by atoms with Crippen LogP contribution in [0.4, 0.5) is 0 Å². The fraction of sp³-hybridized carbons (Fsp3) is 0.600. The van der Waals surface area contributed by atoms with Gasteiger partial charge < -0.3 is 14.5 Å².